The van der Waals surface area contributed by atoms with E-state index in [0.29, 0.717) is 35.0 Å². The molecule has 0 N–H and O–H groups in total. The van der Waals surface area contributed by atoms with Gasteiger partial charge in [0.05, 0.1) is 11.5 Å². The van der Waals surface area contributed by atoms with Crippen LogP contribution in [0.2, 0.25) is 0 Å². The average Bonchev–Trinajstić information content (AvgIpc) is 2.88. The summed E-state index contributed by atoms with van der Waals surface area (Å²) in [6, 6.07) is 5.33. The maximum atomic E-state index is 12.7. The zero-order valence-electron chi connectivity index (χ0n) is 11.8. The Morgan fingerprint density at radius 3 is 2.75 bits per heavy atom. The molecule has 6 heteroatoms. The summed E-state index contributed by atoms with van der Waals surface area (Å²) in [4.78, 5) is 0.337. The third-order valence-corrected chi connectivity index (χ3v) is 6.46. The third-order valence-electron chi connectivity index (χ3n) is 3.54. The quantitative estimate of drug-likeness (QED) is 0.809. The molecule has 1 heterocycles. The number of sulfonamides is 1. The van der Waals surface area contributed by atoms with Crippen LogP contribution in [0.15, 0.2) is 27.6 Å². The lowest BCUT2D eigenvalue weighted by atomic mass is 10.1. The Bertz CT molecular complexity index is 568. The van der Waals surface area contributed by atoms with Crippen LogP contribution >= 0.6 is 15.9 Å². The first kappa shape index (κ1) is 15.9. The Balaban J connectivity index is 2.26. The molecule has 1 aromatic rings. The van der Waals surface area contributed by atoms with Gasteiger partial charge in [0.1, 0.15) is 0 Å². The highest BCUT2D eigenvalue weighted by molar-refractivity contribution is 9.10. The second-order valence-electron chi connectivity index (χ2n) is 5.12. The highest BCUT2D eigenvalue weighted by Gasteiger charge is 2.29. The van der Waals surface area contributed by atoms with Crippen molar-refractivity contribution in [3.8, 4) is 0 Å². The van der Waals surface area contributed by atoms with Gasteiger partial charge in [-0.1, -0.05) is 13.0 Å². The summed E-state index contributed by atoms with van der Waals surface area (Å²) in [5.74, 6) is 0.300. The number of hydrogen-bond donors (Lipinski definition) is 0. The Labute approximate surface area is 129 Å². The Morgan fingerprint density at radius 1 is 1.45 bits per heavy atom. The van der Waals surface area contributed by atoms with Gasteiger partial charge in [-0.25, -0.2) is 8.42 Å². The Kier molecular flexibility index (Phi) is 5.23. The number of halogens is 1. The predicted octanol–water partition coefficient (Wildman–Crippen LogP) is 2.80. The van der Waals surface area contributed by atoms with Crippen LogP contribution in [0, 0.1) is 12.8 Å². The molecule has 1 fully saturated rings. The van der Waals surface area contributed by atoms with E-state index in [2.05, 4.69) is 15.9 Å². The zero-order valence-corrected chi connectivity index (χ0v) is 14.2. The number of aryl methyl sites for hydroxylation is 1. The van der Waals surface area contributed by atoms with Gasteiger partial charge in [-0.15, -0.1) is 0 Å². The first-order valence-corrected chi connectivity index (χ1v) is 9.02. The van der Waals surface area contributed by atoms with Crippen LogP contribution in [0.5, 0.6) is 0 Å². The van der Waals surface area contributed by atoms with E-state index in [-0.39, 0.29) is 0 Å². The number of nitrogens with zero attached hydrogens (tertiary/aromatic N) is 1. The van der Waals surface area contributed by atoms with E-state index < -0.39 is 10.0 Å². The molecule has 1 aliphatic rings. The second kappa shape index (κ2) is 6.56. The van der Waals surface area contributed by atoms with Crippen LogP contribution in [0.25, 0.3) is 0 Å². The van der Waals surface area contributed by atoms with Gasteiger partial charge in [0.15, 0.2) is 0 Å². The molecular formula is C14H20BrNO3S. The minimum absolute atomic E-state index is 0.300. The molecule has 2 rings (SSSR count). The highest BCUT2D eigenvalue weighted by atomic mass is 79.9. The van der Waals surface area contributed by atoms with Crippen molar-refractivity contribution in [2.75, 3.05) is 26.3 Å². The largest absolute Gasteiger partial charge is 0.381 e. The van der Waals surface area contributed by atoms with Crippen molar-refractivity contribution in [1.29, 1.82) is 0 Å². The van der Waals surface area contributed by atoms with E-state index in [1.807, 2.05) is 26.0 Å². The number of rotatable bonds is 5. The molecule has 0 aromatic heterocycles. The SMILES string of the molecule is CCN(CC1CCOC1)S(=O)(=O)c1ccc(C)cc1Br. The van der Waals surface area contributed by atoms with Crippen molar-refractivity contribution in [3.63, 3.8) is 0 Å². The molecule has 0 amide bonds. The molecular weight excluding hydrogens is 342 g/mol. The molecule has 20 heavy (non-hydrogen) atoms. The predicted molar refractivity (Wildman–Crippen MR) is 82.2 cm³/mol. The maximum absolute atomic E-state index is 12.7. The van der Waals surface area contributed by atoms with Gasteiger partial charge in [0.25, 0.3) is 0 Å². The summed E-state index contributed by atoms with van der Waals surface area (Å²) in [7, 11) is -3.46. The van der Waals surface area contributed by atoms with Crippen LogP contribution in [-0.4, -0.2) is 39.0 Å². The van der Waals surface area contributed by atoms with E-state index in [1.165, 1.54) is 0 Å². The summed E-state index contributed by atoms with van der Waals surface area (Å²) >= 11 is 3.36. The van der Waals surface area contributed by atoms with E-state index in [1.54, 1.807) is 10.4 Å². The van der Waals surface area contributed by atoms with E-state index >= 15 is 0 Å². The third kappa shape index (κ3) is 3.42. The Hall–Kier alpha value is -0.430. The van der Waals surface area contributed by atoms with Crippen molar-refractivity contribution >= 4 is 26.0 Å². The van der Waals surface area contributed by atoms with Gasteiger partial charge in [-0.2, -0.15) is 4.31 Å². The monoisotopic (exact) mass is 361 g/mol. The number of ether oxygens (including phenoxy) is 1. The zero-order chi connectivity index (χ0) is 14.8. The smallest absolute Gasteiger partial charge is 0.244 e. The summed E-state index contributed by atoms with van der Waals surface area (Å²) < 4.78 is 33.0. The summed E-state index contributed by atoms with van der Waals surface area (Å²) in [6.07, 6.45) is 0.932. The molecule has 0 aliphatic carbocycles. The van der Waals surface area contributed by atoms with E-state index in [4.69, 9.17) is 4.74 Å². The molecule has 112 valence electrons. The van der Waals surface area contributed by atoms with Crippen LogP contribution in [0.1, 0.15) is 18.9 Å². The van der Waals surface area contributed by atoms with Crippen molar-refractivity contribution in [2.45, 2.75) is 25.2 Å². The molecule has 1 unspecified atom stereocenters. The fourth-order valence-electron chi connectivity index (χ4n) is 2.37. The lowest BCUT2D eigenvalue weighted by molar-refractivity contribution is 0.181. The maximum Gasteiger partial charge on any atom is 0.244 e. The minimum atomic E-state index is -3.46. The second-order valence-corrected chi connectivity index (χ2v) is 7.88. The van der Waals surface area contributed by atoms with E-state index in [0.717, 1.165) is 18.6 Å². The summed E-state index contributed by atoms with van der Waals surface area (Å²) in [6.45, 7) is 6.19. The molecule has 4 nitrogen and oxygen atoms in total. The van der Waals surface area contributed by atoms with Gasteiger partial charge in [0.2, 0.25) is 10.0 Å². The van der Waals surface area contributed by atoms with Gasteiger partial charge in [-0.3, -0.25) is 0 Å². The van der Waals surface area contributed by atoms with Crippen LogP contribution < -0.4 is 0 Å². The Morgan fingerprint density at radius 2 is 2.20 bits per heavy atom. The van der Waals surface area contributed by atoms with Crippen molar-refractivity contribution in [2.24, 2.45) is 5.92 Å². The normalized spacial score (nSPS) is 19.7. The van der Waals surface area contributed by atoms with Crippen LogP contribution in [-0.2, 0) is 14.8 Å². The first-order valence-electron chi connectivity index (χ1n) is 6.79. The first-order chi connectivity index (χ1) is 9.45. The van der Waals surface area contributed by atoms with Gasteiger partial charge in [0, 0.05) is 24.2 Å². The molecule has 1 atom stereocenters. The minimum Gasteiger partial charge on any atom is -0.381 e. The van der Waals surface area contributed by atoms with Gasteiger partial charge >= 0.3 is 0 Å². The standard InChI is InChI=1S/C14H20BrNO3S/c1-3-16(9-12-6-7-19-10-12)20(17,18)14-5-4-11(2)8-13(14)15/h4-5,8,12H,3,6-7,9-10H2,1-2H3. The highest BCUT2D eigenvalue weighted by Crippen LogP contribution is 2.27. The van der Waals surface area contributed by atoms with Gasteiger partial charge in [-0.05, 0) is 52.9 Å². The summed E-state index contributed by atoms with van der Waals surface area (Å²) in [5.41, 5.74) is 1.03. The average molecular weight is 362 g/mol. The van der Waals surface area contributed by atoms with Crippen molar-refractivity contribution in [3.05, 3.63) is 28.2 Å². The lowest BCUT2D eigenvalue weighted by Gasteiger charge is -2.23. The van der Waals surface area contributed by atoms with Crippen molar-refractivity contribution in [1.82, 2.24) is 4.31 Å². The molecule has 1 aromatic carbocycles. The lowest BCUT2D eigenvalue weighted by Crippen LogP contribution is -2.35. The fraction of sp³-hybridized carbons (Fsp3) is 0.571. The fourth-order valence-corrected chi connectivity index (χ4v) is 5.04. The molecule has 0 bridgehead atoms. The molecule has 1 saturated heterocycles. The number of hydrogen-bond acceptors (Lipinski definition) is 3. The molecule has 0 saturated carbocycles. The molecule has 1 aliphatic heterocycles. The van der Waals surface area contributed by atoms with Crippen molar-refractivity contribution < 1.29 is 13.2 Å². The van der Waals surface area contributed by atoms with Gasteiger partial charge < -0.3 is 4.74 Å². The summed E-state index contributed by atoms with van der Waals surface area (Å²) in [5, 5.41) is 0. The molecule has 0 spiro atoms. The van der Waals surface area contributed by atoms with E-state index in [9.17, 15) is 8.42 Å². The topological polar surface area (TPSA) is 46.6 Å². The molecule has 0 radical (unpaired) electrons. The van der Waals surface area contributed by atoms with Crippen LogP contribution in [0.4, 0.5) is 0 Å². The van der Waals surface area contributed by atoms with Crippen LogP contribution in [0.3, 0.4) is 0 Å². The number of benzene rings is 1.